The normalized spacial score (nSPS) is 15.1. The highest BCUT2D eigenvalue weighted by Crippen LogP contribution is 2.29. The van der Waals surface area contributed by atoms with Crippen LogP contribution >= 0.6 is 0 Å². The highest BCUT2D eigenvalue weighted by molar-refractivity contribution is 5.80. The summed E-state index contributed by atoms with van der Waals surface area (Å²) in [5.74, 6) is 0.327. The molecule has 0 atom stereocenters. The van der Waals surface area contributed by atoms with E-state index < -0.39 is 11.6 Å². The number of ether oxygens (including phenoxy) is 1. The van der Waals surface area contributed by atoms with E-state index in [1.165, 1.54) is 12.1 Å². The lowest BCUT2D eigenvalue weighted by molar-refractivity contribution is 0.163. The van der Waals surface area contributed by atoms with Crippen LogP contribution in [0.3, 0.4) is 0 Å². The molecule has 1 aromatic carbocycles. The number of hydrogen-bond donors (Lipinski definition) is 1. The number of fused-ring (bicyclic) bond motifs is 1. The third-order valence-electron chi connectivity index (χ3n) is 5.02. The molecule has 3 aromatic rings. The number of piperidine rings is 1. The van der Waals surface area contributed by atoms with Gasteiger partial charge in [-0.05, 0) is 39.0 Å². The molecule has 0 spiro atoms. The molecule has 4 rings (SSSR count). The topological polar surface area (TPSA) is 63.2 Å². The minimum Gasteiger partial charge on any atom is -0.487 e. The Labute approximate surface area is 174 Å². The first-order valence-electron chi connectivity index (χ1n) is 10.2. The number of nitrogens with zero attached hydrogens (tertiary/aromatic N) is 4. The smallest absolute Gasteiger partial charge is 0.172 e. The number of hydrogen-bond acceptors (Lipinski definition) is 6. The number of halogens is 2. The summed E-state index contributed by atoms with van der Waals surface area (Å²) >= 11 is 0. The summed E-state index contributed by atoms with van der Waals surface area (Å²) in [6, 6.07) is 5.52. The fraction of sp³-hybridized carbons (Fsp3) is 0.409. The molecule has 158 valence electrons. The van der Waals surface area contributed by atoms with Crippen molar-refractivity contribution >= 4 is 22.7 Å². The molecule has 1 fully saturated rings. The maximum atomic E-state index is 13.9. The Bertz CT molecular complexity index is 1050. The van der Waals surface area contributed by atoms with Gasteiger partial charge >= 0.3 is 0 Å². The van der Waals surface area contributed by atoms with E-state index in [9.17, 15) is 8.78 Å². The van der Waals surface area contributed by atoms with Gasteiger partial charge in [0.2, 0.25) is 0 Å². The lowest BCUT2D eigenvalue weighted by Crippen LogP contribution is -2.39. The molecule has 1 saturated heterocycles. The maximum Gasteiger partial charge on any atom is 0.172 e. The molecule has 0 amide bonds. The van der Waals surface area contributed by atoms with E-state index in [1.807, 2.05) is 13.0 Å². The number of anilines is 2. The summed E-state index contributed by atoms with van der Waals surface area (Å²) < 4.78 is 32.8. The monoisotopic (exact) mass is 413 g/mol. The molecule has 2 aromatic heterocycles. The van der Waals surface area contributed by atoms with Crippen molar-refractivity contribution < 1.29 is 13.5 Å². The Kier molecular flexibility index (Phi) is 5.65. The summed E-state index contributed by atoms with van der Waals surface area (Å²) in [6.07, 6.45) is 3.00. The van der Waals surface area contributed by atoms with E-state index in [4.69, 9.17) is 14.7 Å². The van der Waals surface area contributed by atoms with Gasteiger partial charge in [0, 0.05) is 43.7 Å². The molecule has 0 unspecified atom stereocenters. The molecule has 0 radical (unpaired) electrons. The van der Waals surface area contributed by atoms with Crippen LogP contribution in [0.15, 0.2) is 30.5 Å². The SMILES string of the molecule is Cc1cc2nc(NC(C)C)c(N3CCC(Oc4ccc(F)cc4F)CC3)nc2cn1. The van der Waals surface area contributed by atoms with Crippen molar-refractivity contribution in [2.45, 2.75) is 45.8 Å². The van der Waals surface area contributed by atoms with E-state index in [2.05, 4.69) is 29.0 Å². The van der Waals surface area contributed by atoms with Crippen LogP contribution in [0.5, 0.6) is 5.75 Å². The molecule has 3 heterocycles. The van der Waals surface area contributed by atoms with E-state index in [-0.39, 0.29) is 17.9 Å². The van der Waals surface area contributed by atoms with E-state index in [0.717, 1.165) is 34.4 Å². The van der Waals surface area contributed by atoms with Crippen molar-refractivity contribution in [1.82, 2.24) is 15.0 Å². The zero-order valence-corrected chi connectivity index (χ0v) is 17.3. The molecule has 0 bridgehead atoms. The lowest BCUT2D eigenvalue weighted by Gasteiger charge is -2.34. The first-order chi connectivity index (χ1) is 14.4. The summed E-state index contributed by atoms with van der Waals surface area (Å²) in [5.41, 5.74) is 2.45. The molecule has 8 heteroatoms. The summed E-state index contributed by atoms with van der Waals surface area (Å²) in [6.45, 7) is 7.44. The van der Waals surface area contributed by atoms with Gasteiger partial charge < -0.3 is 15.0 Å². The van der Waals surface area contributed by atoms with E-state index in [1.54, 1.807) is 6.20 Å². The predicted octanol–water partition coefficient (Wildman–Crippen LogP) is 4.48. The second-order valence-electron chi connectivity index (χ2n) is 7.89. The molecule has 1 N–H and O–H groups in total. The Balaban J connectivity index is 1.52. The molecular weight excluding hydrogens is 388 g/mol. The summed E-state index contributed by atoms with van der Waals surface area (Å²) in [5, 5.41) is 3.39. The third kappa shape index (κ3) is 4.42. The highest BCUT2D eigenvalue weighted by atomic mass is 19.1. The second kappa shape index (κ2) is 8.38. The lowest BCUT2D eigenvalue weighted by atomic mass is 10.1. The number of pyridine rings is 1. The number of aromatic nitrogens is 3. The first-order valence-corrected chi connectivity index (χ1v) is 10.2. The van der Waals surface area contributed by atoms with Crippen LogP contribution in [0.2, 0.25) is 0 Å². The van der Waals surface area contributed by atoms with Crippen LogP contribution in [-0.2, 0) is 0 Å². The van der Waals surface area contributed by atoms with Crippen LogP contribution in [0, 0.1) is 18.6 Å². The Morgan fingerprint density at radius 1 is 1.10 bits per heavy atom. The minimum atomic E-state index is -0.677. The van der Waals surface area contributed by atoms with Crippen molar-refractivity contribution in [1.29, 1.82) is 0 Å². The van der Waals surface area contributed by atoms with Crippen LogP contribution in [0.1, 0.15) is 32.4 Å². The quantitative estimate of drug-likeness (QED) is 0.666. The van der Waals surface area contributed by atoms with Gasteiger partial charge in [-0.2, -0.15) is 0 Å². The number of nitrogens with one attached hydrogen (secondary N) is 1. The summed E-state index contributed by atoms with van der Waals surface area (Å²) in [7, 11) is 0. The standard InChI is InChI=1S/C22H25F2N5O/c1-13(2)26-21-22(28-19-12-25-14(3)10-18(19)27-21)29-8-6-16(7-9-29)30-20-5-4-15(23)11-17(20)24/h4-5,10-13,16H,6-9H2,1-3H3,(H,26,27). The maximum absolute atomic E-state index is 13.9. The average molecular weight is 413 g/mol. The van der Waals surface area contributed by atoms with Gasteiger partial charge in [-0.15, -0.1) is 0 Å². The van der Waals surface area contributed by atoms with Crippen molar-refractivity contribution in [3.05, 3.63) is 47.8 Å². The van der Waals surface area contributed by atoms with Gasteiger partial charge in [-0.3, -0.25) is 4.98 Å². The molecule has 0 saturated carbocycles. The average Bonchev–Trinajstić information content (AvgIpc) is 2.70. The zero-order valence-electron chi connectivity index (χ0n) is 17.3. The molecule has 6 nitrogen and oxygen atoms in total. The fourth-order valence-electron chi connectivity index (χ4n) is 3.58. The molecule has 0 aliphatic carbocycles. The third-order valence-corrected chi connectivity index (χ3v) is 5.02. The summed E-state index contributed by atoms with van der Waals surface area (Å²) in [4.78, 5) is 16.1. The van der Waals surface area contributed by atoms with Crippen molar-refractivity contribution in [3.8, 4) is 5.75 Å². The fourth-order valence-corrected chi connectivity index (χ4v) is 3.58. The first kappa shape index (κ1) is 20.3. The largest absolute Gasteiger partial charge is 0.487 e. The number of benzene rings is 1. The molecular formula is C22H25F2N5O. The van der Waals surface area contributed by atoms with Crippen molar-refractivity contribution in [2.75, 3.05) is 23.3 Å². The zero-order chi connectivity index (χ0) is 21.3. The molecule has 30 heavy (non-hydrogen) atoms. The van der Waals surface area contributed by atoms with Crippen LogP contribution < -0.4 is 15.0 Å². The van der Waals surface area contributed by atoms with Crippen LogP contribution in [-0.4, -0.2) is 40.2 Å². The second-order valence-corrected chi connectivity index (χ2v) is 7.89. The van der Waals surface area contributed by atoms with Gasteiger partial charge in [0.05, 0.1) is 11.7 Å². The minimum absolute atomic E-state index is 0.0870. The van der Waals surface area contributed by atoms with Crippen molar-refractivity contribution in [3.63, 3.8) is 0 Å². The van der Waals surface area contributed by atoms with Gasteiger partial charge in [-0.1, -0.05) is 0 Å². The van der Waals surface area contributed by atoms with Gasteiger partial charge in [-0.25, -0.2) is 18.7 Å². The highest BCUT2D eigenvalue weighted by Gasteiger charge is 2.25. The Morgan fingerprint density at radius 2 is 1.87 bits per heavy atom. The number of aryl methyl sites for hydroxylation is 1. The van der Waals surface area contributed by atoms with Gasteiger partial charge in [0.1, 0.15) is 17.4 Å². The van der Waals surface area contributed by atoms with Crippen LogP contribution in [0.25, 0.3) is 11.0 Å². The van der Waals surface area contributed by atoms with Gasteiger partial charge in [0.25, 0.3) is 0 Å². The van der Waals surface area contributed by atoms with Gasteiger partial charge in [0.15, 0.2) is 23.2 Å². The Hall–Kier alpha value is -3.03. The van der Waals surface area contributed by atoms with E-state index >= 15 is 0 Å². The van der Waals surface area contributed by atoms with Crippen LogP contribution in [0.4, 0.5) is 20.4 Å². The Morgan fingerprint density at radius 3 is 2.57 bits per heavy atom. The van der Waals surface area contributed by atoms with E-state index in [0.29, 0.717) is 25.9 Å². The predicted molar refractivity (Wildman–Crippen MR) is 113 cm³/mol. The molecule has 1 aliphatic heterocycles. The van der Waals surface area contributed by atoms with Crippen molar-refractivity contribution in [2.24, 2.45) is 0 Å². The number of rotatable bonds is 5. The molecule has 1 aliphatic rings.